The van der Waals surface area contributed by atoms with E-state index in [1.54, 1.807) is 13.0 Å². The van der Waals surface area contributed by atoms with Crippen LogP contribution in [0.1, 0.15) is 40.9 Å². The Morgan fingerprint density at radius 3 is 2.80 bits per heavy atom. The topological polar surface area (TPSA) is 85.4 Å². The average Bonchev–Trinajstić information content (AvgIpc) is 2.54. The summed E-state index contributed by atoms with van der Waals surface area (Å²) >= 11 is 0. The number of nitrogens with one attached hydrogen (secondary N) is 1. The number of pyridine rings is 1. The molecule has 1 aliphatic heterocycles. The summed E-state index contributed by atoms with van der Waals surface area (Å²) in [7, 11) is -3.76. The van der Waals surface area contributed by atoms with Crippen molar-refractivity contribution in [2.45, 2.75) is 39.2 Å². The summed E-state index contributed by atoms with van der Waals surface area (Å²) in [5, 5.41) is 0.809. The molecule has 1 aromatic carbocycles. The maximum atomic E-state index is 12.5. The van der Waals surface area contributed by atoms with Gasteiger partial charge in [-0.15, -0.1) is 0 Å². The number of benzene rings is 1. The second-order valence-corrected chi connectivity index (χ2v) is 8.29. The molecule has 2 heterocycles. The minimum absolute atomic E-state index is 0.197. The Kier molecular flexibility index (Phi) is 5.06. The number of ether oxygens (including phenoxy) is 1. The zero-order chi connectivity index (χ0) is 18.0. The fraction of sp³-hybridized carbons (Fsp3) is 0.444. The molecule has 1 atom stereocenters. The van der Waals surface area contributed by atoms with Crippen LogP contribution in [0, 0.1) is 13.8 Å². The van der Waals surface area contributed by atoms with E-state index in [9.17, 15) is 13.2 Å². The summed E-state index contributed by atoms with van der Waals surface area (Å²) in [5.41, 5.74) is 2.59. The van der Waals surface area contributed by atoms with Crippen LogP contribution in [0.2, 0.25) is 0 Å². The van der Waals surface area contributed by atoms with Gasteiger partial charge in [-0.3, -0.25) is 9.78 Å². The van der Waals surface area contributed by atoms with E-state index in [2.05, 4.69) is 9.71 Å². The fourth-order valence-electron chi connectivity index (χ4n) is 3.04. The number of rotatable bonds is 4. The second-order valence-electron chi connectivity index (χ2n) is 6.52. The predicted octanol–water partition coefficient (Wildman–Crippen LogP) is 2.48. The van der Waals surface area contributed by atoms with E-state index in [0.29, 0.717) is 18.7 Å². The number of aromatic nitrogens is 1. The number of hydrogen-bond donors (Lipinski definition) is 1. The molecule has 0 saturated carbocycles. The molecular weight excluding hydrogens is 340 g/mol. The van der Waals surface area contributed by atoms with Crippen LogP contribution in [0.15, 0.2) is 24.3 Å². The Bertz CT molecular complexity index is 903. The molecule has 1 unspecified atom stereocenters. The van der Waals surface area contributed by atoms with Crippen LogP contribution in [-0.4, -0.2) is 37.8 Å². The van der Waals surface area contributed by atoms with Crippen LogP contribution >= 0.6 is 0 Å². The minimum atomic E-state index is -3.76. The van der Waals surface area contributed by atoms with Crippen molar-refractivity contribution in [1.82, 2.24) is 9.71 Å². The van der Waals surface area contributed by atoms with Gasteiger partial charge in [0.2, 0.25) is 10.0 Å². The zero-order valence-corrected chi connectivity index (χ0v) is 15.2. The van der Waals surface area contributed by atoms with E-state index in [4.69, 9.17) is 4.74 Å². The molecule has 0 bridgehead atoms. The van der Waals surface area contributed by atoms with Gasteiger partial charge in [-0.25, -0.2) is 13.1 Å². The minimum Gasteiger partial charge on any atom is -0.377 e. The lowest BCUT2D eigenvalue weighted by Crippen LogP contribution is -2.38. The summed E-state index contributed by atoms with van der Waals surface area (Å²) < 4.78 is 32.2. The monoisotopic (exact) mass is 362 g/mol. The molecule has 0 spiro atoms. The van der Waals surface area contributed by atoms with Crippen molar-refractivity contribution in [2.75, 3.05) is 12.4 Å². The first-order valence-electron chi connectivity index (χ1n) is 8.38. The summed E-state index contributed by atoms with van der Waals surface area (Å²) in [5.74, 6) is -0.845. The smallest absolute Gasteiger partial charge is 0.266 e. The summed E-state index contributed by atoms with van der Waals surface area (Å²) in [6, 6.07) is 7.44. The Hall–Kier alpha value is -1.99. The Labute approximate surface area is 147 Å². The van der Waals surface area contributed by atoms with Crippen molar-refractivity contribution in [3.8, 4) is 0 Å². The van der Waals surface area contributed by atoms with Crippen molar-refractivity contribution >= 4 is 26.8 Å². The number of sulfonamides is 1. The highest BCUT2D eigenvalue weighted by molar-refractivity contribution is 7.90. The Morgan fingerprint density at radius 1 is 1.28 bits per heavy atom. The molecule has 25 heavy (non-hydrogen) atoms. The molecule has 3 rings (SSSR count). The molecular formula is C18H22N2O4S. The van der Waals surface area contributed by atoms with E-state index in [-0.39, 0.29) is 17.4 Å². The van der Waals surface area contributed by atoms with Gasteiger partial charge in [0, 0.05) is 12.0 Å². The fourth-order valence-corrected chi connectivity index (χ4v) is 4.27. The highest BCUT2D eigenvalue weighted by Gasteiger charge is 2.25. The summed E-state index contributed by atoms with van der Waals surface area (Å²) in [4.78, 5) is 16.9. The Morgan fingerprint density at radius 2 is 2.08 bits per heavy atom. The number of nitrogens with zero attached hydrogens (tertiary/aromatic N) is 1. The maximum Gasteiger partial charge on any atom is 0.266 e. The molecule has 1 aliphatic rings. The molecule has 134 valence electrons. The molecule has 1 fully saturated rings. The van der Waals surface area contributed by atoms with Crippen molar-refractivity contribution in [2.24, 2.45) is 0 Å². The first-order chi connectivity index (χ1) is 11.8. The van der Waals surface area contributed by atoms with Gasteiger partial charge in [-0.2, -0.15) is 0 Å². The van der Waals surface area contributed by atoms with Crippen LogP contribution in [0.5, 0.6) is 0 Å². The zero-order valence-electron chi connectivity index (χ0n) is 14.4. The first-order valence-corrected chi connectivity index (χ1v) is 10.0. The quantitative estimate of drug-likeness (QED) is 0.903. The van der Waals surface area contributed by atoms with Crippen molar-refractivity contribution in [1.29, 1.82) is 0 Å². The highest BCUT2D eigenvalue weighted by Crippen LogP contribution is 2.19. The molecule has 7 heteroatoms. The van der Waals surface area contributed by atoms with E-state index < -0.39 is 15.9 Å². The van der Waals surface area contributed by atoms with Gasteiger partial charge in [-0.1, -0.05) is 11.6 Å². The molecule has 0 radical (unpaired) electrons. The lowest BCUT2D eigenvalue weighted by molar-refractivity contribution is 0.0304. The summed E-state index contributed by atoms with van der Waals surface area (Å²) in [6.07, 6.45) is 2.24. The maximum absolute atomic E-state index is 12.5. The predicted molar refractivity (Wildman–Crippen MR) is 96.1 cm³/mol. The lowest BCUT2D eigenvalue weighted by atomic mass is 10.1. The van der Waals surface area contributed by atoms with E-state index in [0.717, 1.165) is 29.3 Å². The molecule has 1 N–H and O–H groups in total. The van der Waals surface area contributed by atoms with Crippen LogP contribution < -0.4 is 4.72 Å². The number of carbonyl (C=O) groups is 1. The second kappa shape index (κ2) is 7.09. The first kappa shape index (κ1) is 17.8. The number of hydrogen-bond acceptors (Lipinski definition) is 5. The Balaban J connectivity index is 1.80. The number of carbonyl (C=O) groups excluding carboxylic acids is 1. The number of aryl methyl sites for hydroxylation is 2. The molecule has 1 amide bonds. The van der Waals surface area contributed by atoms with E-state index in [1.165, 1.54) is 0 Å². The molecule has 6 nitrogen and oxygen atoms in total. The van der Waals surface area contributed by atoms with Crippen LogP contribution in [-0.2, 0) is 14.8 Å². The van der Waals surface area contributed by atoms with Crippen molar-refractivity contribution < 1.29 is 17.9 Å². The van der Waals surface area contributed by atoms with Gasteiger partial charge in [-0.05, 0) is 51.3 Å². The third-order valence-corrected chi connectivity index (χ3v) is 5.64. The van der Waals surface area contributed by atoms with Gasteiger partial charge in [0.15, 0.2) is 0 Å². The van der Waals surface area contributed by atoms with Crippen molar-refractivity contribution in [3.05, 3.63) is 41.1 Å². The average molecular weight is 362 g/mol. The number of amides is 1. The normalized spacial score (nSPS) is 18.2. The SMILES string of the molecule is Cc1ccc2nc(C)c(C(=O)NS(=O)(=O)CC3CCCCO3)cc2c1. The third-order valence-electron chi connectivity index (χ3n) is 4.33. The van der Waals surface area contributed by atoms with E-state index >= 15 is 0 Å². The van der Waals surface area contributed by atoms with Gasteiger partial charge in [0.25, 0.3) is 5.91 Å². The molecule has 1 aromatic heterocycles. The third kappa shape index (κ3) is 4.35. The largest absolute Gasteiger partial charge is 0.377 e. The summed E-state index contributed by atoms with van der Waals surface area (Å²) in [6.45, 7) is 4.22. The van der Waals surface area contributed by atoms with Gasteiger partial charge >= 0.3 is 0 Å². The molecule has 0 aliphatic carbocycles. The standard InChI is InChI=1S/C18H22N2O4S/c1-12-6-7-17-14(9-12)10-16(13(2)19-17)18(21)20-25(22,23)11-15-5-3-4-8-24-15/h6-7,9-10,15H,3-5,8,11H2,1-2H3,(H,20,21). The van der Waals surface area contributed by atoms with Crippen LogP contribution in [0.25, 0.3) is 10.9 Å². The van der Waals surface area contributed by atoms with Crippen LogP contribution in [0.3, 0.4) is 0 Å². The lowest BCUT2D eigenvalue weighted by Gasteiger charge is -2.22. The van der Waals surface area contributed by atoms with Gasteiger partial charge in [0.1, 0.15) is 0 Å². The van der Waals surface area contributed by atoms with Crippen molar-refractivity contribution in [3.63, 3.8) is 0 Å². The molecule has 1 saturated heterocycles. The van der Waals surface area contributed by atoms with Gasteiger partial charge in [0.05, 0.1) is 28.6 Å². The van der Waals surface area contributed by atoms with E-state index in [1.807, 2.05) is 25.1 Å². The number of fused-ring (bicyclic) bond motifs is 1. The highest BCUT2D eigenvalue weighted by atomic mass is 32.2. The van der Waals surface area contributed by atoms with Crippen LogP contribution in [0.4, 0.5) is 0 Å². The van der Waals surface area contributed by atoms with Gasteiger partial charge < -0.3 is 4.74 Å². The molecule has 2 aromatic rings.